The van der Waals surface area contributed by atoms with Crippen LogP contribution in [0, 0.1) is 0 Å². The number of benzene rings is 4. The van der Waals surface area contributed by atoms with Gasteiger partial charge in [0, 0.05) is 10.0 Å². The molecule has 1 amide bonds. The van der Waals surface area contributed by atoms with Crippen LogP contribution in [0.2, 0.25) is 0 Å². The number of carbonyl (C=O) groups is 1. The van der Waals surface area contributed by atoms with Gasteiger partial charge < -0.3 is 4.74 Å². The van der Waals surface area contributed by atoms with Crippen molar-refractivity contribution in [3.63, 3.8) is 0 Å². The van der Waals surface area contributed by atoms with Gasteiger partial charge in [-0.1, -0.05) is 94.8 Å². The minimum Gasteiger partial charge on any atom is -0.488 e. The smallest absolute Gasteiger partial charge is 0.267 e. The van der Waals surface area contributed by atoms with Crippen LogP contribution in [0.5, 0.6) is 5.75 Å². The Morgan fingerprint density at radius 2 is 1.47 bits per heavy atom. The third-order valence-electron chi connectivity index (χ3n) is 5.57. The fraction of sp³-hybridized carbons (Fsp3) is 0.0667. The van der Waals surface area contributed by atoms with Crippen molar-refractivity contribution in [1.29, 1.82) is 0 Å². The van der Waals surface area contributed by atoms with Crippen molar-refractivity contribution in [2.45, 2.75) is 13.2 Å². The van der Waals surface area contributed by atoms with E-state index in [1.54, 1.807) is 4.90 Å². The largest absolute Gasteiger partial charge is 0.488 e. The molecule has 178 valence electrons. The summed E-state index contributed by atoms with van der Waals surface area (Å²) < 4.78 is 7.16. The van der Waals surface area contributed by atoms with Gasteiger partial charge in [-0.25, -0.2) is 4.99 Å². The van der Waals surface area contributed by atoms with E-state index in [2.05, 4.69) is 15.9 Å². The average molecular weight is 555 g/mol. The van der Waals surface area contributed by atoms with Crippen LogP contribution in [0.15, 0.2) is 124 Å². The van der Waals surface area contributed by atoms with Gasteiger partial charge in [-0.05, 0) is 59.3 Å². The Balaban J connectivity index is 1.43. The quantitative estimate of drug-likeness (QED) is 0.218. The number of amides is 1. The van der Waals surface area contributed by atoms with E-state index in [0.29, 0.717) is 23.2 Å². The molecule has 4 aromatic carbocycles. The molecule has 0 aliphatic carbocycles. The van der Waals surface area contributed by atoms with Gasteiger partial charge in [0.25, 0.3) is 5.91 Å². The first-order chi connectivity index (χ1) is 17.7. The number of ether oxygens (including phenoxy) is 1. The second kappa shape index (κ2) is 11.4. The third kappa shape index (κ3) is 5.96. The second-order valence-corrected chi connectivity index (χ2v) is 10.1. The number of nitrogens with zero attached hydrogens (tertiary/aromatic N) is 2. The summed E-state index contributed by atoms with van der Waals surface area (Å²) in [4.78, 5) is 20.7. The Morgan fingerprint density at radius 3 is 2.22 bits per heavy atom. The van der Waals surface area contributed by atoms with Gasteiger partial charge in [-0.15, -0.1) is 0 Å². The van der Waals surface area contributed by atoms with Gasteiger partial charge in [0.05, 0.1) is 17.1 Å². The normalized spacial score (nSPS) is 15.6. The lowest BCUT2D eigenvalue weighted by atomic mass is 10.1. The highest BCUT2D eigenvalue weighted by Crippen LogP contribution is 2.36. The van der Waals surface area contributed by atoms with Crippen LogP contribution < -0.4 is 4.74 Å². The van der Waals surface area contributed by atoms with Gasteiger partial charge in [-0.3, -0.25) is 9.69 Å². The maximum absolute atomic E-state index is 13.5. The molecule has 5 rings (SSSR count). The second-order valence-electron chi connectivity index (χ2n) is 8.17. The lowest BCUT2D eigenvalue weighted by Crippen LogP contribution is -2.28. The Morgan fingerprint density at radius 1 is 0.806 bits per heavy atom. The zero-order valence-electron chi connectivity index (χ0n) is 19.4. The molecule has 0 radical (unpaired) electrons. The van der Waals surface area contributed by atoms with E-state index in [1.807, 2.05) is 115 Å². The number of thioether (sulfide) groups is 1. The summed E-state index contributed by atoms with van der Waals surface area (Å²) in [6.45, 7) is 0.896. The van der Waals surface area contributed by atoms with Gasteiger partial charge in [0.2, 0.25) is 0 Å². The molecular weight excluding hydrogens is 532 g/mol. The van der Waals surface area contributed by atoms with Crippen LogP contribution in [-0.2, 0) is 17.9 Å². The molecule has 1 saturated heterocycles. The predicted octanol–water partition coefficient (Wildman–Crippen LogP) is 7.83. The lowest BCUT2D eigenvalue weighted by Gasteiger charge is -2.15. The van der Waals surface area contributed by atoms with Crippen LogP contribution in [0.4, 0.5) is 5.69 Å². The third-order valence-corrected chi connectivity index (χ3v) is 7.10. The average Bonchev–Trinajstić information content (AvgIpc) is 3.19. The Labute approximate surface area is 223 Å². The van der Waals surface area contributed by atoms with Crippen molar-refractivity contribution in [3.8, 4) is 5.75 Å². The van der Waals surface area contributed by atoms with Crippen molar-refractivity contribution in [2.24, 2.45) is 4.99 Å². The van der Waals surface area contributed by atoms with Gasteiger partial charge in [0.1, 0.15) is 12.4 Å². The topological polar surface area (TPSA) is 41.9 Å². The van der Waals surface area contributed by atoms with Crippen LogP contribution in [0.25, 0.3) is 6.08 Å². The summed E-state index contributed by atoms with van der Waals surface area (Å²) in [5, 5.41) is 0.662. The molecule has 0 bridgehead atoms. The van der Waals surface area contributed by atoms with Crippen LogP contribution >= 0.6 is 27.7 Å². The van der Waals surface area contributed by atoms with E-state index in [9.17, 15) is 4.79 Å². The number of amidine groups is 1. The van der Waals surface area contributed by atoms with E-state index >= 15 is 0 Å². The Kier molecular flexibility index (Phi) is 7.64. The molecule has 0 aromatic heterocycles. The molecule has 36 heavy (non-hydrogen) atoms. The molecule has 1 aliphatic heterocycles. The number of aliphatic imine (C=N–C) groups is 1. The lowest BCUT2D eigenvalue weighted by molar-refractivity contribution is -0.122. The maximum atomic E-state index is 13.5. The monoisotopic (exact) mass is 554 g/mol. The van der Waals surface area contributed by atoms with Crippen LogP contribution in [0.1, 0.15) is 16.7 Å². The molecule has 4 nitrogen and oxygen atoms in total. The van der Waals surface area contributed by atoms with Gasteiger partial charge in [0.15, 0.2) is 5.17 Å². The SMILES string of the molecule is O=C1/C(=C\c2ccccc2OCc2ccc(Br)cc2)SC(=Nc2ccccc2)N1Cc1ccccc1. The molecule has 1 aliphatic rings. The number of hydrogen-bond acceptors (Lipinski definition) is 4. The maximum Gasteiger partial charge on any atom is 0.267 e. The first kappa shape index (κ1) is 24.1. The van der Waals surface area contributed by atoms with Crippen molar-refractivity contribution in [2.75, 3.05) is 0 Å². The van der Waals surface area contributed by atoms with Crippen LogP contribution in [0.3, 0.4) is 0 Å². The summed E-state index contributed by atoms with van der Waals surface area (Å²) >= 11 is 4.85. The molecule has 4 aromatic rings. The summed E-state index contributed by atoms with van der Waals surface area (Å²) in [6.07, 6.45) is 1.90. The van der Waals surface area contributed by atoms with Crippen molar-refractivity contribution in [1.82, 2.24) is 4.90 Å². The van der Waals surface area contributed by atoms with Crippen molar-refractivity contribution in [3.05, 3.63) is 135 Å². The molecule has 0 saturated carbocycles. The highest BCUT2D eigenvalue weighted by atomic mass is 79.9. The van der Waals surface area contributed by atoms with Crippen molar-refractivity contribution < 1.29 is 9.53 Å². The molecule has 0 unspecified atom stereocenters. The summed E-state index contributed by atoms with van der Waals surface area (Å²) in [6, 6.07) is 35.5. The number of carbonyl (C=O) groups excluding carboxylic acids is 1. The Hall–Kier alpha value is -3.61. The zero-order chi connectivity index (χ0) is 24.7. The minimum absolute atomic E-state index is 0.0683. The first-order valence-corrected chi connectivity index (χ1v) is 13.1. The van der Waals surface area contributed by atoms with E-state index in [0.717, 1.165) is 32.6 Å². The van der Waals surface area contributed by atoms with Crippen molar-refractivity contribution >= 4 is 50.5 Å². The minimum atomic E-state index is -0.0683. The van der Waals surface area contributed by atoms with Crippen LogP contribution in [-0.4, -0.2) is 16.0 Å². The molecule has 6 heteroatoms. The zero-order valence-corrected chi connectivity index (χ0v) is 21.8. The molecular formula is C30H23BrN2O2S. The summed E-state index contributed by atoms with van der Waals surface area (Å²) in [5.74, 6) is 0.658. The van der Waals surface area contributed by atoms with E-state index < -0.39 is 0 Å². The van der Waals surface area contributed by atoms with E-state index in [1.165, 1.54) is 11.8 Å². The fourth-order valence-electron chi connectivity index (χ4n) is 3.72. The number of rotatable bonds is 7. The van der Waals surface area contributed by atoms with E-state index in [-0.39, 0.29) is 5.91 Å². The number of hydrogen-bond donors (Lipinski definition) is 0. The summed E-state index contributed by atoms with van der Waals surface area (Å²) in [5.41, 5.74) is 3.78. The number of para-hydroxylation sites is 2. The first-order valence-electron chi connectivity index (χ1n) is 11.5. The van der Waals surface area contributed by atoms with Gasteiger partial charge >= 0.3 is 0 Å². The molecule has 0 atom stereocenters. The molecule has 0 N–H and O–H groups in total. The Bertz CT molecular complexity index is 1400. The highest BCUT2D eigenvalue weighted by molar-refractivity contribution is 9.10. The standard InChI is InChI=1S/C30H23BrN2O2S/c31-25-17-15-23(16-18-25)21-35-27-14-8-7-11-24(27)19-28-29(34)33(20-22-9-3-1-4-10-22)30(36-28)32-26-12-5-2-6-13-26/h1-19H,20-21H2/b28-19+,32-30?. The number of halogens is 1. The molecule has 0 spiro atoms. The molecule has 1 fully saturated rings. The molecule has 1 heterocycles. The van der Waals surface area contributed by atoms with E-state index in [4.69, 9.17) is 9.73 Å². The highest BCUT2D eigenvalue weighted by Gasteiger charge is 2.33. The summed E-state index contributed by atoms with van der Waals surface area (Å²) in [7, 11) is 0. The van der Waals surface area contributed by atoms with Gasteiger partial charge in [-0.2, -0.15) is 0 Å². The fourth-order valence-corrected chi connectivity index (χ4v) is 4.98. The predicted molar refractivity (Wildman–Crippen MR) is 151 cm³/mol.